The van der Waals surface area contributed by atoms with Crippen molar-refractivity contribution in [2.24, 2.45) is 4.99 Å². The van der Waals surface area contributed by atoms with Gasteiger partial charge in [0, 0.05) is 37.8 Å². The predicted octanol–water partition coefficient (Wildman–Crippen LogP) is 3.82. The molecule has 1 fully saturated rings. The Morgan fingerprint density at radius 3 is 2.70 bits per heavy atom. The van der Waals surface area contributed by atoms with Crippen LogP contribution in [0.2, 0.25) is 0 Å². The van der Waals surface area contributed by atoms with Gasteiger partial charge in [0.05, 0.1) is 19.3 Å². The number of nitrogens with one attached hydrogen (secondary N) is 2. The number of rotatable bonds is 7. The van der Waals surface area contributed by atoms with Gasteiger partial charge in [-0.05, 0) is 38.3 Å². The van der Waals surface area contributed by atoms with E-state index in [1.165, 1.54) is 5.56 Å². The van der Waals surface area contributed by atoms with E-state index < -0.39 is 0 Å². The minimum Gasteiger partial charge on any atom is -0.481 e. The van der Waals surface area contributed by atoms with Crippen molar-refractivity contribution in [3.63, 3.8) is 0 Å². The zero-order valence-corrected chi connectivity index (χ0v) is 20.5. The van der Waals surface area contributed by atoms with Crippen LogP contribution in [0, 0.1) is 0 Å². The third-order valence-electron chi connectivity index (χ3n) is 5.32. The summed E-state index contributed by atoms with van der Waals surface area (Å²) in [4.78, 5) is 11.7. The van der Waals surface area contributed by atoms with Crippen LogP contribution in [0.4, 0.5) is 0 Å². The summed E-state index contributed by atoms with van der Waals surface area (Å²) >= 11 is 0. The van der Waals surface area contributed by atoms with Gasteiger partial charge in [-0.2, -0.15) is 0 Å². The van der Waals surface area contributed by atoms with E-state index >= 15 is 0 Å². The molecule has 1 aromatic heterocycles. The first-order chi connectivity index (χ1) is 14.2. The van der Waals surface area contributed by atoms with Crippen LogP contribution in [0.1, 0.15) is 37.9 Å². The van der Waals surface area contributed by atoms with Gasteiger partial charge >= 0.3 is 0 Å². The number of hydrogen-bond donors (Lipinski definition) is 2. The van der Waals surface area contributed by atoms with Crippen molar-refractivity contribution in [1.29, 1.82) is 0 Å². The number of aromatic nitrogens is 1. The average Bonchev–Trinajstić information content (AvgIpc) is 2.75. The molecule has 1 aromatic carbocycles. The largest absolute Gasteiger partial charge is 0.481 e. The van der Waals surface area contributed by atoms with E-state index in [4.69, 9.17) is 9.73 Å². The third-order valence-corrected chi connectivity index (χ3v) is 5.32. The van der Waals surface area contributed by atoms with Crippen LogP contribution in [0.25, 0.3) is 0 Å². The van der Waals surface area contributed by atoms with Crippen LogP contribution in [0.3, 0.4) is 0 Å². The smallest absolute Gasteiger partial charge is 0.213 e. The Hall–Kier alpha value is -1.87. The maximum Gasteiger partial charge on any atom is 0.213 e. The number of guanidine groups is 1. The van der Waals surface area contributed by atoms with E-state index in [2.05, 4.69) is 64.7 Å². The molecular weight excluding hydrogens is 489 g/mol. The number of ether oxygens (including phenoxy) is 1. The first-order valence-corrected chi connectivity index (χ1v) is 10.5. The van der Waals surface area contributed by atoms with Gasteiger partial charge in [-0.3, -0.25) is 4.90 Å². The first-order valence-electron chi connectivity index (χ1n) is 10.5. The molecule has 6 nitrogen and oxygen atoms in total. The number of likely N-dealkylation sites (tertiary alicyclic amines) is 1. The Kier molecular flexibility index (Phi) is 10.4. The van der Waals surface area contributed by atoms with E-state index in [0.29, 0.717) is 24.5 Å². The maximum atomic E-state index is 5.20. The van der Waals surface area contributed by atoms with Gasteiger partial charge in [0.15, 0.2) is 5.96 Å². The average molecular weight is 523 g/mol. The summed E-state index contributed by atoms with van der Waals surface area (Å²) < 4.78 is 5.20. The molecule has 1 aliphatic rings. The van der Waals surface area contributed by atoms with Gasteiger partial charge in [0.25, 0.3) is 0 Å². The Morgan fingerprint density at radius 1 is 1.20 bits per heavy atom. The summed E-state index contributed by atoms with van der Waals surface area (Å²) in [6.45, 7) is 7.87. The second kappa shape index (κ2) is 12.7. The third kappa shape index (κ3) is 7.43. The topological polar surface area (TPSA) is 61.8 Å². The lowest BCUT2D eigenvalue weighted by molar-refractivity contribution is 0.134. The lowest BCUT2D eigenvalue weighted by atomic mass is 9.97. The summed E-state index contributed by atoms with van der Waals surface area (Å²) in [5.41, 5.74) is 2.28. The summed E-state index contributed by atoms with van der Waals surface area (Å²) in [6, 6.07) is 17.4. The van der Waals surface area contributed by atoms with Gasteiger partial charge in [-0.15, -0.1) is 24.0 Å². The lowest BCUT2D eigenvalue weighted by Crippen LogP contribution is -2.51. The van der Waals surface area contributed by atoms with Gasteiger partial charge in [-0.1, -0.05) is 36.4 Å². The second-order valence-corrected chi connectivity index (χ2v) is 7.54. The van der Waals surface area contributed by atoms with Gasteiger partial charge < -0.3 is 15.4 Å². The highest BCUT2D eigenvalue weighted by Crippen LogP contribution is 2.20. The molecule has 0 amide bonds. The van der Waals surface area contributed by atoms with Crippen LogP contribution in [0.15, 0.2) is 53.5 Å². The van der Waals surface area contributed by atoms with Crippen LogP contribution >= 0.6 is 24.0 Å². The number of nitrogens with zero attached hydrogens (tertiary/aromatic N) is 3. The quantitative estimate of drug-likeness (QED) is 0.329. The van der Waals surface area contributed by atoms with Crippen LogP contribution in [-0.4, -0.2) is 48.1 Å². The number of aliphatic imine (C=N–C) groups is 1. The van der Waals surface area contributed by atoms with E-state index in [1.54, 1.807) is 7.11 Å². The highest BCUT2D eigenvalue weighted by atomic mass is 127. The van der Waals surface area contributed by atoms with E-state index in [1.807, 2.05) is 18.2 Å². The van der Waals surface area contributed by atoms with Gasteiger partial charge in [0.1, 0.15) is 0 Å². The first kappa shape index (κ1) is 24.4. The summed E-state index contributed by atoms with van der Waals surface area (Å²) in [5.74, 6) is 1.47. The van der Waals surface area contributed by atoms with Gasteiger partial charge in [-0.25, -0.2) is 9.98 Å². The lowest BCUT2D eigenvalue weighted by Gasteiger charge is -2.38. The fourth-order valence-electron chi connectivity index (χ4n) is 3.74. The van der Waals surface area contributed by atoms with Crippen LogP contribution in [-0.2, 0) is 13.1 Å². The van der Waals surface area contributed by atoms with Crippen LogP contribution in [0.5, 0.6) is 5.88 Å². The SMILES string of the molecule is CCNC(=NCc1cccc(OC)n1)NC1CCN(Cc2ccccc2)C(C)C1.I. The molecule has 2 N–H and O–H groups in total. The summed E-state index contributed by atoms with van der Waals surface area (Å²) in [7, 11) is 1.63. The fraction of sp³-hybridized carbons (Fsp3) is 0.478. The monoisotopic (exact) mass is 523 g/mol. The standard InChI is InChI=1S/C23H33N5O.HI/c1-4-24-23(25-16-21-11-8-12-22(26-21)29-3)27-20-13-14-28(18(2)15-20)17-19-9-6-5-7-10-19;/h5-12,18,20H,4,13-17H2,1-3H3,(H2,24,25,27);1H. The molecule has 30 heavy (non-hydrogen) atoms. The summed E-state index contributed by atoms with van der Waals surface area (Å²) in [5, 5.41) is 6.98. The number of methoxy groups -OCH3 is 1. The molecule has 3 rings (SSSR count). The molecule has 0 radical (unpaired) electrons. The molecule has 0 aliphatic carbocycles. The maximum absolute atomic E-state index is 5.20. The van der Waals surface area contributed by atoms with E-state index in [9.17, 15) is 0 Å². The molecule has 0 saturated carbocycles. The summed E-state index contributed by atoms with van der Waals surface area (Å²) in [6.07, 6.45) is 2.22. The predicted molar refractivity (Wildman–Crippen MR) is 133 cm³/mol. The van der Waals surface area contributed by atoms with Crippen molar-refractivity contribution in [2.75, 3.05) is 20.2 Å². The molecule has 1 aliphatic heterocycles. The van der Waals surface area contributed by atoms with Crippen molar-refractivity contribution >= 4 is 29.9 Å². The Labute approximate surface area is 197 Å². The molecule has 2 atom stereocenters. The minimum atomic E-state index is 0. The number of halogens is 1. The molecule has 1 saturated heterocycles. The van der Waals surface area contributed by atoms with Crippen molar-refractivity contribution in [3.8, 4) is 5.88 Å². The zero-order chi connectivity index (χ0) is 20.5. The molecule has 0 bridgehead atoms. The van der Waals surface area contributed by atoms with Gasteiger partial charge in [0.2, 0.25) is 5.88 Å². The van der Waals surface area contributed by atoms with Crippen molar-refractivity contribution in [2.45, 2.75) is 51.9 Å². The molecule has 0 spiro atoms. The Bertz CT molecular complexity index is 786. The molecule has 2 unspecified atom stereocenters. The Morgan fingerprint density at radius 2 is 2.00 bits per heavy atom. The highest BCUT2D eigenvalue weighted by Gasteiger charge is 2.25. The zero-order valence-electron chi connectivity index (χ0n) is 18.2. The number of benzene rings is 1. The molecule has 7 heteroatoms. The van der Waals surface area contributed by atoms with Crippen molar-refractivity contribution in [1.82, 2.24) is 20.5 Å². The number of hydrogen-bond acceptors (Lipinski definition) is 4. The molecular formula is C23H34IN5O. The normalized spacial score (nSPS) is 19.6. The minimum absolute atomic E-state index is 0. The number of pyridine rings is 1. The fourth-order valence-corrected chi connectivity index (χ4v) is 3.74. The molecule has 2 aromatic rings. The van der Waals surface area contributed by atoms with Crippen LogP contribution < -0.4 is 15.4 Å². The van der Waals surface area contributed by atoms with E-state index in [-0.39, 0.29) is 24.0 Å². The van der Waals surface area contributed by atoms with Crippen molar-refractivity contribution in [3.05, 3.63) is 59.8 Å². The van der Waals surface area contributed by atoms with E-state index in [0.717, 1.165) is 44.1 Å². The Balaban J connectivity index is 0.00000320. The van der Waals surface area contributed by atoms with Crippen molar-refractivity contribution < 1.29 is 4.74 Å². The molecule has 164 valence electrons. The second-order valence-electron chi connectivity index (χ2n) is 7.54. The number of piperidine rings is 1. The molecule has 2 heterocycles. The highest BCUT2D eigenvalue weighted by molar-refractivity contribution is 14.0.